The van der Waals surface area contributed by atoms with Crippen molar-refractivity contribution in [2.75, 3.05) is 39.8 Å². The van der Waals surface area contributed by atoms with Crippen molar-refractivity contribution in [2.45, 2.75) is 32.4 Å². The van der Waals surface area contributed by atoms with E-state index in [1.165, 1.54) is 0 Å². The third-order valence-corrected chi connectivity index (χ3v) is 4.72. The largest absolute Gasteiger partial charge is 0.354 e. The Morgan fingerprint density at radius 2 is 1.95 bits per heavy atom. The van der Waals surface area contributed by atoms with Gasteiger partial charge in [0.1, 0.15) is 0 Å². The van der Waals surface area contributed by atoms with Crippen molar-refractivity contribution >= 4 is 5.91 Å². The SMILES string of the molecule is CC(C)C(CNC(=O)C1C=CC(N)C1)N1CCN(C)CC1. The van der Waals surface area contributed by atoms with Gasteiger partial charge in [-0.1, -0.05) is 26.0 Å². The van der Waals surface area contributed by atoms with Gasteiger partial charge in [0, 0.05) is 44.8 Å². The predicted octanol–water partition coefficient (Wildman–Crippen LogP) is 0.278. The summed E-state index contributed by atoms with van der Waals surface area (Å²) in [6.07, 6.45) is 4.62. The van der Waals surface area contributed by atoms with Gasteiger partial charge in [0.15, 0.2) is 0 Å². The lowest BCUT2D eigenvalue weighted by Gasteiger charge is -2.40. The van der Waals surface area contributed by atoms with E-state index in [4.69, 9.17) is 5.73 Å². The molecule has 3 atom stereocenters. The Hall–Kier alpha value is -0.910. The molecule has 1 heterocycles. The average molecular weight is 294 g/mol. The third kappa shape index (κ3) is 4.53. The van der Waals surface area contributed by atoms with Gasteiger partial charge in [0.05, 0.1) is 5.92 Å². The van der Waals surface area contributed by atoms with Crippen molar-refractivity contribution in [1.82, 2.24) is 15.1 Å². The lowest BCUT2D eigenvalue weighted by atomic mass is 10.0. The molecular weight excluding hydrogens is 264 g/mol. The van der Waals surface area contributed by atoms with Gasteiger partial charge in [-0.3, -0.25) is 9.69 Å². The van der Waals surface area contributed by atoms with Crippen LogP contribution in [0.3, 0.4) is 0 Å². The standard InChI is InChI=1S/C16H30N4O/c1-12(2)15(20-8-6-19(3)7-9-20)11-18-16(21)13-4-5-14(17)10-13/h4-5,12-15H,6-11,17H2,1-3H3,(H,18,21). The summed E-state index contributed by atoms with van der Waals surface area (Å²) in [7, 11) is 2.17. The summed E-state index contributed by atoms with van der Waals surface area (Å²) in [5, 5.41) is 3.13. The number of piperazine rings is 1. The van der Waals surface area contributed by atoms with Crippen molar-refractivity contribution in [3.05, 3.63) is 12.2 Å². The number of rotatable bonds is 5. The molecule has 0 spiro atoms. The van der Waals surface area contributed by atoms with Crippen LogP contribution >= 0.6 is 0 Å². The van der Waals surface area contributed by atoms with Crippen LogP contribution in [0.5, 0.6) is 0 Å². The number of nitrogens with zero attached hydrogens (tertiary/aromatic N) is 2. The lowest BCUT2D eigenvalue weighted by Crippen LogP contribution is -2.54. The van der Waals surface area contributed by atoms with Gasteiger partial charge in [-0.2, -0.15) is 0 Å². The fourth-order valence-corrected chi connectivity index (χ4v) is 3.20. The van der Waals surface area contributed by atoms with E-state index in [1.54, 1.807) is 0 Å². The van der Waals surface area contributed by atoms with Crippen LogP contribution in [0.25, 0.3) is 0 Å². The molecule has 0 saturated carbocycles. The van der Waals surface area contributed by atoms with Crippen LogP contribution < -0.4 is 11.1 Å². The van der Waals surface area contributed by atoms with Crippen molar-refractivity contribution in [3.8, 4) is 0 Å². The Balaban J connectivity index is 1.83. The summed E-state index contributed by atoms with van der Waals surface area (Å²) in [6, 6.07) is 0.459. The van der Waals surface area contributed by atoms with Gasteiger partial charge in [-0.25, -0.2) is 0 Å². The Morgan fingerprint density at radius 3 is 2.48 bits per heavy atom. The molecule has 3 unspecified atom stereocenters. The summed E-state index contributed by atoms with van der Waals surface area (Å²) < 4.78 is 0. The highest BCUT2D eigenvalue weighted by atomic mass is 16.1. The summed E-state index contributed by atoms with van der Waals surface area (Å²) in [5.74, 6) is 0.620. The van der Waals surface area contributed by atoms with Crippen LogP contribution in [-0.2, 0) is 4.79 Å². The van der Waals surface area contributed by atoms with Crippen LogP contribution in [-0.4, -0.2) is 67.6 Å². The minimum atomic E-state index is -0.0414. The topological polar surface area (TPSA) is 61.6 Å². The minimum absolute atomic E-state index is 0.0410. The molecule has 2 aliphatic rings. The number of nitrogens with one attached hydrogen (secondary N) is 1. The van der Waals surface area contributed by atoms with Crippen molar-refractivity contribution < 1.29 is 4.79 Å². The molecule has 2 rings (SSSR count). The zero-order valence-electron chi connectivity index (χ0n) is 13.6. The molecule has 0 aromatic carbocycles. The third-order valence-electron chi connectivity index (χ3n) is 4.72. The first-order valence-corrected chi connectivity index (χ1v) is 8.11. The van der Waals surface area contributed by atoms with E-state index < -0.39 is 0 Å². The first kappa shape index (κ1) is 16.5. The first-order chi connectivity index (χ1) is 9.97. The van der Waals surface area contributed by atoms with Crippen LogP contribution in [0.15, 0.2) is 12.2 Å². The van der Waals surface area contributed by atoms with E-state index >= 15 is 0 Å². The Labute approximate surface area is 128 Å². The summed E-state index contributed by atoms with van der Waals surface area (Å²) >= 11 is 0. The first-order valence-electron chi connectivity index (χ1n) is 8.11. The highest BCUT2D eigenvalue weighted by Crippen LogP contribution is 2.17. The van der Waals surface area contributed by atoms with Crippen LogP contribution in [0, 0.1) is 11.8 Å². The van der Waals surface area contributed by atoms with Gasteiger partial charge in [-0.05, 0) is 19.4 Å². The number of hydrogen-bond acceptors (Lipinski definition) is 4. The zero-order chi connectivity index (χ0) is 15.4. The smallest absolute Gasteiger partial charge is 0.227 e. The molecule has 1 fully saturated rings. The minimum Gasteiger partial charge on any atom is -0.354 e. The molecule has 21 heavy (non-hydrogen) atoms. The molecule has 0 aromatic heterocycles. The normalized spacial score (nSPS) is 29.0. The van der Waals surface area contributed by atoms with Gasteiger partial charge >= 0.3 is 0 Å². The second-order valence-corrected chi connectivity index (χ2v) is 6.79. The Bertz CT molecular complexity index is 374. The monoisotopic (exact) mass is 294 g/mol. The maximum absolute atomic E-state index is 12.2. The molecule has 1 saturated heterocycles. The fraction of sp³-hybridized carbons (Fsp3) is 0.812. The molecule has 120 valence electrons. The van der Waals surface area contributed by atoms with Gasteiger partial charge in [0.2, 0.25) is 5.91 Å². The second kappa shape index (κ2) is 7.38. The van der Waals surface area contributed by atoms with E-state index in [9.17, 15) is 4.79 Å². The number of amides is 1. The number of likely N-dealkylation sites (N-methyl/N-ethyl adjacent to an activating group) is 1. The molecule has 1 aliphatic carbocycles. The molecule has 0 radical (unpaired) electrons. The lowest BCUT2D eigenvalue weighted by molar-refractivity contribution is -0.124. The number of carbonyl (C=O) groups excluding carboxylic acids is 1. The zero-order valence-corrected chi connectivity index (χ0v) is 13.6. The average Bonchev–Trinajstić information content (AvgIpc) is 2.87. The van der Waals surface area contributed by atoms with E-state index in [1.807, 2.05) is 12.2 Å². The molecule has 3 N–H and O–H groups in total. The molecule has 5 nitrogen and oxygen atoms in total. The molecular formula is C16H30N4O. The highest BCUT2D eigenvalue weighted by Gasteiger charge is 2.27. The molecule has 5 heteroatoms. The maximum atomic E-state index is 12.2. The quantitative estimate of drug-likeness (QED) is 0.715. The predicted molar refractivity (Wildman–Crippen MR) is 85.9 cm³/mol. The van der Waals surface area contributed by atoms with Crippen molar-refractivity contribution in [2.24, 2.45) is 17.6 Å². The Morgan fingerprint density at radius 1 is 1.29 bits per heavy atom. The number of hydrogen-bond donors (Lipinski definition) is 2. The summed E-state index contributed by atoms with van der Waals surface area (Å²) in [6.45, 7) is 9.60. The highest BCUT2D eigenvalue weighted by molar-refractivity contribution is 5.81. The summed E-state index contributed by atoms with van der Waals surface area (Å²) in [5.41, 5.74) is 5.82. The van der Waals surface area contributed by atoms with E-state index in [-0.39, 0.29) is 17.9 Å². The van der Waals surface area contributed by atoms with Gasteiger partial charge in [0.25, 0.3) is 0 Å². The van der Waals surface area contributed by atoms with E-state index in [0.29, 0.717) is 12.0 Å². The molecule has 1 amide bonds. The van der Waals surface area contributed by atoms with Crippen molar-refractivity contribution in [1.29, 1.82) is 0 Å². The van der Waals surface area contributed by atoms with Crippen LogP contribution in [0.2, 0.25) is 0 Å². The van der Waals surface area contributed by atoms with Gasteiger partial charge in [-0.15, -0.1) is 0 Å². The van der Waals surface area contributed by atoms with Crippen molar-refractivity contribution in [3.63, 3.8) is 0 Å². The number of nitrogens with two attached hydrogens (primary N) is 1. The second-order valence-electron chi connectivity index (χ2n) is 6.79. The maximum Gasteiger partial charge on any atom is 0.227 e. The molecule has 1 aliphatic heterocycles. The fourth-order valence-electron chi connectivity index (χ4n) is 3.20. The molecule has 0 bridgehead atoms. The van der Waals surface area contributed by atoms with E-state index in [0.717, 1.165) is 39.1 Å². The van der Waals surface area contributed by atoms with Gasteiger partial charge < -0.3 is 16.0 Å². The summed E-state index contributed by atoms with van der Waals surface area (Å²) in [4.78, 5) is 17.1. The van der Waals surface area contributed by atoms with E-state index in [2.05, 4.69) is 36.0 Å². The van der Waals surface area contributed by atoms with Crippen LogP contribution in [0.1, 0.15) is 20.3 Å². The Kier molecular flexibility index (Phi) is 5.79. The van der Waals surface area contributed by atoms with Crippen LogP contribution in [0.4, 0.5) is 0 Å². The molecule has 0 aromatic rings. The number of carbonyl (C=O) groups is 1.